The second-order valence-corrected chi connectivity index (χ2v) is 7.02. The third kappa shape index (κ3) is 4.25. The van der Waals surface area contributed by atoms with E-state index >= 15 is 0 Å². The lowest BCUT2D eigenvalue weighted by atomic mass is 10.0. The summed E-state index contributed by atoms with van der Waals surface area (Å²) >= 11 is 0. The number of hydrogen-bond acceptors (Lipinski definition) is 5. The predicted octanol–water partition coefficient (Wildman–Crippen LogP) is 1.36. The largest absolute Gasteiger partial charge is 0.486 e. The van der Waals surface area contributed by atoms with Crippen LogP contribution in [0.1, 0.15) is 19.8 Å². The molecule has 0 aromatic heterocycles. The normalized spacial score (nSPS) is 24.6. The van der Waals surface area contributed by atoms with Crippen molar-refractivity contribution in [3.63, 3.8) is 0 Å². The molecule has 6 nitrogen and oxygen atoms in total. The molecule has 0 aliphatic carbocycles. The molecule has 1 amide bonds. The Morgan fingerprint density at radius 1 is 1.40 bits per heavy atom. The summed E-state index contributed by atoms with van der Waals surface area (Å²) in [6, 6.07) is 8.01. The summed E-state index contributed by atoms with van der Waals surface area (Å²) in [7, 11) is 3.84. The van der Waals surface area contributed by atoms with Crippen LogP contribution in [0.25, 0.3) is 0 Å². The summed E-state index contributed by atoms with van der Waals surface area (Å²) in [5, 5.41) is 3.33. The highest BCUT2D eigenvalue weighted by Crippen LogP contribution is 2.31. The molecule has 1 aromatic rings. The lowest BCUT2D eigenvalue weighted by molar-refractivity contribution is -0.137. The van der Waals surface area contributed by atoms with Gasteiger partial charge < -0.3 is 19.7 Å². The molecule has 6 heteroatoms. The minimum Gasteiger partial charge on any atom is -0.486 e. The van der Waals surface area contributed by atoms with Crippen molar-refractivity contribution in [2.75, 3.05) is 40.3 Å². The average Bonchev–Trinajstić information content (AvgIpc) is 2.66. The Morgan fingerprint density at radius 2 is 2.16 bits per heavy atom. The van der Waals surface area contributed by atoms with Crippen molar-refractivity contribution in [2.24, 2.45) is 0 Å². The van der Waals surface area contributed by atoms with Gasteiger partial charge in [-0.3, -0.25) is 9.69 Å². The van der Waals surface area contributed by atoms with Gasteiger partial charge in [-0.15, -0.1) is 0 Å². The standard InChI is InChI=1S/C19H29N3O3/c1-14(22-10-6-7-15(11-22)20-2)19(23)21(3)12-16-13-24-17-8-4-5-9-18(17)25-16/h4-5,8-9,14-16,20H,6-7,10-13H2,1-3H3. The van der Waals surface area contributed by atoms with E-state index in [1.54, 1.807) is 4.90 Å². The predicted molar refractivity (Wildman–Crippen MR) is 97.1 cm³/mol. The monoisotopic (exact) mass is 347 g/mol. The summed E-state index contributed by atoms with van der Waals surface area (Å²) in [5.74, 6) is 1.66. The van der Waals surface area contributed by atoms with Gasteiger partial charge in [0.2, 0.25) is 5.91 Å². The third-order valence-electron chi connectivity index (χ3n) is 5.19. The van der Waals surface area contributed by atoms with Crippen LogP contribution in [0.5, 0.6) is 11.5 Å². The zero-order valence-electron chi connectivity index (χ0n) is 15.4. The minimum absolute atomic E-state index is 0.113. The van der Waals surface area contributed by atoms with Gasteiger partial charge in [-0.2, -0.15) is 0 Å². The van der Waals surface area contributed by atoms with E-state index in [0.29, 0.717) is 19.2 Å². The van der Waals surface area contributed by atoms with Crippen LogP contribution in [0.3, 0.4) is 0 Å². The lowest BCUT2D eigenvalue weighted by Gasteiger charge is -2.38. The molecule has 3 rings (SSSR count). The highest BCUT2D eigenvalue weighted by Gasteiger charge is 2.30. The topological polar surface area (TPSA) is 54.0 Å². The number of carbonyl (C=O) groups is 1. The Hall–Kier alpha value is -1.79. The number of ether oxygens (including phenoxy) is 2. The number of nitrogens with zero attached hydrogens (tertiary/aromatic N) is 2. The second kappa shape index (κ2) is 8.06. The SMILES string of the molecule is CNC1CCCN(C(C)C(=O)N(C)CC2COc3ccccc3O2)C1. The summed E-state index contributed by atoms with van der Waals surface area (Å²) in [6.45, 7) is 4.91. The van der Waals surface area contributed by atoms with E-state index in [2.05, 4.69) is 10.2 Å². The van der Waals surface area contributed by atoms with Crippen LogP contribution in [0.4, 0.5) is 0 Å². The summed E-state index contributed by atoms with van der Waals surface area (Å²) < 4.78 is 11.7. The Balaban J connectivity index is 1.54. The first-order valence-electron chi connectivity index (χ1n) is 9.13. The fraction of sp³-hybridized carbons (Fsp3) is 0.632. The molecule has 0 spiro atoms. The molecular weight excluding hydrogens is 318 g/mol. The van der Waals surface area contributed by atoms with Crippen molar-refractivity contribution in [1.29, 1.82) is 0 Å². The Morgan fingerprint density at radius 3 is 2.92 bits per heavy atom. The van der Waals surface area contributed by atoms with E-state index in [1.165, 1.54) is 6.42 Å². The molecule has 1 aromatic carbocycles. The number of carbonyl (C=O) groups excluding carboxylic acids is 1. The van der Waals surface area contributed by atoms with Gasteiger partial charge >= 0.3 is 0 Å². The maximum atomic E-state index is 12.8. The third-order valence-corrected chi connectivity index (χ3v) is 5.19. The van der Waals surface area contributed by atoms with Crippen LogP contribution < -0.4 is 14.8 Å². The maximum Gasteiger partial charge on any atom is 0.239 e. The Labute approximate surface area is 150 Å². The molecule has 25 heavy (non-hydrogen) atoms. The smallest absolute Gasteiger partial charge is 0.239 e. The van der Waals surface area contributed by atoms with Gasteiger partial charge in [-0.1, -0.05) is 12.1 Å². The van der Waals surface area contributed by atoms with Crippen molar-refractivity contribution in [2.45, 2.75) is 38.0 Å². The van der Waals surface area contributed by atoms with Gasteiger partial charge in [0.05, 0.1) is 12.6 Å². The van der Waals surface area contributed by atoms with Gasteiger partial charge in [0.25, 0.3) is 0 Å². The van der Waals surface area contributed by atoms with Crippen molar-refractivity contribution < 1.29 is 14.3 Å². The quantitative estimate of drug-likeness (QED) is 0.872. The zero-order valence-corrected chi connectivity index (χ0v) is 15.4. The van der Waals surface area contributed by atoms with Crippen LogP contribution in [0.15, 0.2) is 24.3 Å². The Kier molecular flexibility index (Phi) is 5.81. The van der Waals surface area contributed by atoms with Crippen LogP contribution >= 0.6 is 0 Å². The van der Waals surface area contributed by atoms with Gasteiger partial charge in [-0.25, -0.2) is 0 Å². The van der Waals surface area contributed by atoms with Gasteiger partial charge in [0.1, 0.15) is 6.61 Å². The summed E-state index contributed by atoms with van der Waals surface area (Å²) in [5.41, 5.74) is 0. The molecule has 0 radical (unpaired) electrons. The summed E-state index contributed by atoms with van der Waals surface area (Å²) in [6.07, 6.45) is 2.17. The minimum atomic E-state index is -0.137. The number of para-hydroxylation sites is 2. The number of piperidine rings is 1. The van der Waals surface area contributed by atoms with Gasteiger partial charge in [0, 0.05) is 19.6 Å². The number of rotatable bonds is 5. The highest BCUT2D eigenvalue weighted by atomic mass is 16.6. The molecule has 0 saturated carbocycles. The van der Waals surface area contributed by atoms with Crippen LogP contribution in [-0.4, -0.2) is 74.2 Å². The fourth-order valence-corrected chi connectivity index (χ4v) is 3.62. The van der Waals surface area contributed by atoms with Crippen molar-refractivity contribution >= 4 is 5.91 Å². The number of likely N-dealkylation sites (N-methyl/N-ethyl adjacent to an activating group) is 2. The highest BCUT2D eigenvalue weighted by molar-refractivity contribution is 5.81. The zero-order chi connectivity index (χ0) is 17.8. The number of amides is 1. The average molecular weight is 347 g/mol. The first kappa shape index (κ1) is 18.0. The lowest BCUT2D eigenvalue weighted by Crippen LogP contribution is -2.54. The Bertz CT molecular complexity index is 595. The first-order chi connectivity index (χ1) is 12.1. The van der Waals surface area contributed by atoms with Crippen molar-refractivity contribution in [3.8, 4) is 11.5 Å². The number of benzene rings is 1. The molecule has 1 N–H and O–H groups in total. The number of likely N-dealkylation sites (tertiary alicyclic amines) is 1. The molecule has 3 atom stereocenters. The number of fused-ring (bicyclic) bond motifs is 1. The molecule has 0 bridgehead atoms. The van der Waals surface area contributed by atoms with Crippen molar-refractivity contribution in [1.82, 2.24) is 15.1 Å². The molecule has 2 aliphatic heterocycles. The maximum absolute atomic E-state index is 12.8. The number of nitrogens with one attached hydrogen (secondary N) is 1. The molecule has 1 saturated heterocycles. The van der Waals surface area contributed by atoms with E-state index in [1.807, 2.05) is 45.3 Å². The van der Waals surface area contributed by atoms with Crippen LogP contribution in [-0.2, 0) is 4.79 Å². The van der Waals surface area contributed by atoms with Crippen LogP contribution in [0.2, 0.25) is 0 Å². The van der Waals surface area contributed by atoms with E-state index < -0.39 is 0 Å². The molecule has 1 fully saturated rings. The number of hydrogen-bond donors (Lipinski definition) is 1. The molecule has 3 unspecified atom stereocenters. The van der Waals surface area contributed by atoms with Gasteiger partial charge in [0.15, 0.2) is 17.6 Å². The first-order valence-corrected chi connectivity index (χ1v) is 9.13. The molecule has 2 heterocycles. The van der Waals surface area contributed by atoms with E-state index in [0.717, 1.165) is 31.0 Å². The fourth-order valence-electron chi connectivity index (χ4n) is 3.62. The van der Waals surface area contributed by atoms with E-state index in [9.17, 15) is 4.79 Å². The molecule has 138 valence electrons. The van der Waals surface area contributed by atoms with E-state index in [4.69, 9.17) is 9.47 Å². The van der Waals surface area contributed by atoms with Crippen LogP contribution in [0, 0.1) is 0 Å². The van der Waals surface area contributed by atoms with Gasteiger partial charge in [-0.05, 0) is 45.5 Å². The molecular formula is C19H29N3O3. The molecule has 2 aliphatic rings. The summed E-state index contributed by atoms with van der Waals surface area (Å²) in [4.78, 5) is 16.9. The second-order valence-electron chi connectivity index (χ2n) is 7.02. The van der Waals surface area contributed by atoms with Crippen molar-refractivity contribution in [3.05, 3.63) is 24.3 Å². The van der Waals surface area contributed by atoms with E-state index in [-0.39, 0.29) is 18.1 Å².